The Bertz CT molecular complexity index is 461. The summed E-state index contributed by atoms with van der Waals surface area (Å²) in [6.07, 6.45) is 0. The molecule has 0 saturated carbocycles. The minimum absolute atomic E-state index is 0.472. The van der Waals surface area contributed by atoms with Crippen LogP contribution in [-0.4, -0.2) is 11.0 Å². The van der Waals surface area contributed by atoms with Crippen molar-refractivity contribution in [2.75, 3.05) is 6.61 Å². The molecule has 4 nitrogen and oxygen atoms in total. The van der Waals surface area contributed by atoms with Crippen molar-refractivity contribution in [3.8, 4) is 0 Å². The third kappa shape index (κ3) is 4.83. The predicted octanol–water partition coefficient (Wildman–Crippen LogP) is 4.84. The van der Waals surface area contributed by atoms with E-state index >= 15 is 0 Å². The van der Waals surface area contributed by atoms with Crippen LogP contribution in [0.1, 0.15) is 12.5 Å². The van der Waals surface area contributed by atoms with Crippen LogP contribution in [0.25, 0.3) is 10.4 Å². The summed E-state index contributed by atoms with van der Waals surface area (Å²) in [5.74, 6) is 0.563. The van der Waals surface area contributed by atoms with Crippen LogP contribution in [0.3, 0.4) is 0 Å². The molecule has 0 spiro atoms. The van der Waals surface area contributed by atoms with Gasteiger partial charge in [0.05, 0.1) is 6.61 Å². The van der Waals surface area contributed by atoms with E-state index in [0.29, 0.717) is 27.5 Å². The van der Waals surface area contributed by atoms with E-state index in [2.05, 4.69) is 10.0 Å². The Morgan fingerprint density at radius 2 is 2.41 bits per heavy atom. The van der Waals surface area contributed by atoms with Gasteiger partial charge in [-0.1, -0.05) is 34.5 Å². The highest BCUT2D eigenvalue weighted by molar-refractivity contribution is 8.22. The number of hydrogen-bond donors (Lipinski definition) is 0. The standard InChI is InChI=1S/C10H10ClN3OS2/c1-2-15-10(16)17-6-7-5-8(11)3-4-9(7)13-14-12/h3-5H,2,6H2,1H3. The number of halogens is 1. The molecule has 0 bridgehead atoms. The fourth-order valence-electron chi connectivity index (χ4n) is 1.11. The molecular weight excluding hydrogens is 278 g/mol. The fourth-order valence-corrected chi connectivity index (χ4v) is 2.31. The topological polar surface area (TPSA) is 58.0 Å². The predicted molar refractivity (Wildman–Crippen MR) is 75.8 cm³/mol. The lowest BCUT2D eigenvalue weighted by molar-refractivity contribution is 0.346. The quantitative estimate of drug-likeness (QED) is 0.345. The molecule has 0 fully saturated rings. The van der Waals surface area contributed by atoms with E-state index in [1.165, 1.54) is 11.8 Å². The molecule has 17 heavy (non-hydrogen) atoms. The fraction of sp³-hybridized carbons (Fsp3) is 0.300. The van der Waals surface area contributed by atoms with E-state index in [0.717, 1.165) is 5.56 Å². The average molecular weight is 288 g/mol. The number of ether oxygens (including phenoxy) is 1. The maximum atomic E-state index is 8.44. The number of azide groups is 1. The van der Waals surface area contributed by atoms with Crippen molar-refractivity contribution >= 4 is 45.7 Å². The van der Waals surface area contributed by atoms with Crippen molar-refractivity contribution < 1.29 is 4.74 Å². The maximum Gasteiger partial charge on any atom is 0.220 e. The first-order chi connectivity index (χ1) is 8.17. The summed E-state index contributed by atoms with van der Waals surface area (Å²) in [5, 5.41) is 4.19. The van der Waals surface area contributed by atoms with Gasteiger partial charge in [0, 0.05) is 21.4 Å². The Morgan fingerprint density at radius 1 is 1.65 bits per heavy atom. The van der Waals surface area contributed by atoms with Crippen LogP contribution in [-0.2, 0) is 10.5 Å². The second-order valence-electron chi connectivity index (χ2n) is 2.93. The van der Waals surface area contributed by atoms with Gasteiger partial charge in [0.15, 0.2) is 0 Å². The SMILES string of the molecule is CCOC(=S)SCc1cc(Cl)ccc1N=[N+]=[N-]. The van der Waals surface area contributed by atoms with Gasteiger partial charge in [0.2, 0.25) is 4.38 Å². The lowest BCUT2D eigenvalue weighted by Crippen LogP contribution is -1.96. The van der Waals surface area contributed by atoms with Gasteiger partial charge in [-0.25, -0.2) is 0 Å². The summed E-state index contributed by atoms with van der Waals surface area (Å²) in [4.78, 5) is 2.77. The molecule has 0 radical (unpaired) electrons. The van der Waals surface area contributed by atoms with E-state index in [1.54, 1.807) is 18.2 Å². The number of thiocarbonyl (C=S) groups is 1. The van der Waals surface area contributed by atoms with Crippen molar-refractivity contribution in [3.63, 3.8) is 0 Å². The van der Waals surface area contributed by atoms with E-state index in [-0.39, 0.29) is 0 Å². The molecule has 7 heteroatoms. The Kier molecular flexibility index (Phi) is 6.15. The lowest BCUT2D eigenvalue weighted by Gasteiger charge is -2.07. The minimum Gasteiger partial charge on any atom is -0.479 e. The Labute approximate surface area is 114 Å². The lowest BCUT2D eigenvalue weighted by atomic mass is 10.2. The maximum absolute atomic E-state index is 8.44. The van der Waals surface area contributed by atoms with Crippen LogP contribution in [0.2, 0.25) is 5.02 Å². The van der Waals surface area contributed by atoms with Gasteiger partial charge < -0.3 is 4.74 Å². The van der Waals surface area contributed by atoms with Gasteiger partial charge in [-0.05, 0) is 42.4 Å². The molecule has 0 unspecified atom stereocenters. The van der Waals surface area contributed by atoms with E-state index in [9.17, 15) is 0 Å². The number of hydrogen-bond acceptors (Lipinski definition) is 4. The molecule has 0 aliphatic carbocycles. The highest BCUT2D eigenvalue weighted by Crippen LogP contribution is 2.27. The molecule has 0 aliphatic heterocycles. The molecule has 0 N–H and O–H groups in total. The molecule has 0 aromatic heterocycles. The van der Waals surface area contributed by atoms with Crippen LogP contribution in [0, 0.1) is 0 Å². The number of benzene rings is 1. The van der Waals surface area contributed by atoms with E-state index in [4.69, 9.17) is 34.1 Å². The zero-order valence-electron chi connectivity index (χ0n) is 9.09. The zero-order chi connectivity index (χ0) is 12.7. The van der Waals surface area contributed by atoms with Gasteiger partial charge in [-0.15, -0.1) is 0 Å². The average Bonchev–Trinajstić information content (AvgIpc) is 2.30. The number of rotatable bonds is 4. The monoisotopic (exact) mass is 287 g/mol. The highest BCUT2D eigenvalue weighted by Gasteiger charge is 2.05. The summed E-state index contributed by atoms with van der Waals surface area (Å²) in [7, 11) is 0. The van der Waals surface area contributed by atoms with Crippen LogP contribution < -0.4 is 0 Å². The highest BCUT2D eigenvalue weighted by atomic mass is 35.5. The minimum atomic E-state index is 0.472. The van der Waals surface area contributed by atoms with Crippen molar-refractivity contribution in [2.24, 2.45) is 5.11 Å². The Balaban J connectivity index is 2.78. The third-order valence-corrected chi connectivity index (χ3v) is 3.32. The van der Waals surface area contributed by atoms with Crippen LogP contribution in [0.5, 0.6) is 0 Å². The molecule has 0 heterocycles. The molecule has 90 valence electrons. The van der Waals surface area contributed by atoms with Crippen molar-refractivity contribution in [1.82, 2.24) is 0 Å². The van der Waals surface area contributed by atoms with Crippen molar-refractivity contribution in [1.29, 1.82) is 0 Å². The third-order valence-electron chi connectivity index (χ3n) is 1.80. The van der Waals surface area contributed by atoms with Gasteiger partial charge in [0.25, 0.3) is 0 Å². The molecule has 0 aliphatic rings. The number of thioether (sulfide) groups is 1. The zero-order valence-corrected chi connectivity index (χ0v) is 11.5. The molecule has 0 saturated heterocycles. The van der Waals surface area contributed by atoms with Crippen molar-refractivity contribution in [2.45, 2.75) is 12.7 Å². The first-order valence-corrected chi connectivity index (χ1v) is 6.57. The van der Waals surface area contributed by atoms with E-state index < -0.39 is 0 Å². The summed E-state index contributed by atoms with van der Waals surface area (Å²) in [6, 6.07) is 5.12. The first kappa shape index (κ1) is 14.1. The molecule has 1 rings (SSSR count). The van der Waals surface area contributed by atoms with Crippen LogP contribution in [0.4, 0.5) is 5.69 Å². The molecule has 0 atom stereocenters. The number of nitrogens with zero attached hydrogens (tertiary/aromatic N) is 3. The second kappa shape index (κ2) is 7.40. The van der Waals surface area contributed by atoms with Gasteiger partial charge >= 0.3 is 0 Å². The van der Waals surface area contributed by atoms with Crippen molar-refractivity contribution in [3.05, 3.63) is 39.2 Å². The summed E-state index contributed by atoms with van der Waals surface area (Å²) >= 11 is 12.3. The second-order valence-corrected chi connectivity index (χ2v) is 4.95. The largest absolute Gasteiger partial charge is 0.479 e. The Hall–Kier alpha value is -0.940. The Morgan fingerprint density at radius 3 is 3.06 bits per heavy atom. The summed E-state index contributed by atoms with van der Waals surface area (Å²) in [6.45, 7) is 2.42. The molecule has 1 aromatic carbocycles. The van der Waals surface area contributed by atoms with Crippen LogP contribution >= 0.6 is 35.6 Å². The summed E-state index contributed by atoms with van der Waals surface area (Å²) < 4.78 is 5.62. The molecule has 1 aromatic rings. The van der Waals surface area contributed by atoms with Gasteiger partial charge in [-0.2, -0.15) is 0 Å². The molecule has 0 amide bonds. The normalized spacial score (nSPS) is 9.53. The van der Waals surface area contributed by atoms with Gasteiger partial charge in [0.1, 0.15) is 0 Å². The molecular formula is C10H10ClN3OS2. The van der Waals surface area contributed by atoms with E-state index in [1.807, 2.05) is 6.92 Å². The van der Waals surface area contributed by atoms with Crippen LogP contribution in [0.15, 0.2) is 23.3 Å². The summed E-state index contributed by atoms with van der Waals surface area (Å²) in [5.41, 5.74) is 9.84. The first-order valence-electron chi connectivity index (χ1n) is 4.80. The smallest absolute Gasteiger partial charge is 0.220 e. The van der Waals surface area contributed by atoms with Gasteiger partial charge in [-0.3, -0.25) is 0 Å².